The van der Waals surface area contributed by atoms with Gasteiger partial charge in [0.15, 0.2) is 0 Å². The molecule has 22 heavy (non-hydrogen) atoms. The second-order valence-electron chi connectivity index (χ2n) is 5.06. The van der Waals surface area contributed by atoms with Gasteiger partial charge in [-0.2, -0.15) is 17.5 Å². The third-order valence-corrected chi connectivity index (χ3v) is 5.30. The minimum Gasteiger partial charge on any atom is -0.480 e. The molecule has 0 spiro atoms. The summed E-state index contributed by atoms with van der Waals surface area (Å²) in [5.41, 5.74) is -0.956. The number of rotatable bonds is 4. The van der Waals surface area contributed by atoms with Gasteiger partial charge in [0.25, 0.3) is 0 Å². The molecular weight excluding hydrogens is 323 g/mol. The molecule has 9 heteroatoms. The van der Waals surface area contributed by atoms with Crippen LogP contribution in [0.4, 0.5) is 13.2 Å². The van der Waals surface area contributed by atoms with E-state index in [0.717, 1.165) is 22.5 Å². The van der Waals surface area contributed by atoms with Crippen LogP contribution < -0.4 is 0 Å². The largest absolute Gasteiger partial charge is 0.480 e. The number of aliphatic carboxylic acids is 1. The van der Waals surface area contributed by atoms with Gasteiger partial charge in [0.2, 0.25) is 10.0 Å². The van der Waals surface area contributed by atoms with Gasteiger partial charge in [-0.05, 0) is 24.5 Å². The van der Waals surface area contributed by atoms with E-state index in [2.05, 4.69) is 0 Å². The highest BCUT2D eigenvalue weighted by atomic mass is 32.2. The molecule has 1 atom stereocenters. The molecule has 0 aliphatic carbocycles. The molecule has 2 rings (SSSR count). The maximum absolute atomic E-state index is 12.6. The second-order valence-corrected chi connectivity index (χ2v) is 6.98. The van der Waals surface area contributed by atoms with Crippen LogP contribution in [-0.4, -0.2) is 36.4 Å². The molecule has 122 valence electrons. The van der Waals surface area contributed by atoms with Gasteiger partial charge in [0, 0.05) is 6.54 Å². The molecule has 1 aliphatic heterocycles. The quantitative estimate of drug-likeness (QED) is 0.913. The van der Waals surface area contributed by atoms with Crippen LogP contribution in [0.5, 0.6) is 0 Å². The van der Waals surface area contributed by atoms with Crippen molar-refractivity contribution in [3.8, 4) is 0 Å². The smallest absolute Gasteiger partial charge is 0.416 e. The normalized spacial score (nSPS) is 20.2. The second kappa shape index (κ2) is 5.88. The summed E-state index contributed by atoms with van der Waals surface area (Å²) >= 11 is 0. The van der Waals surface area contributed by atoms with Crippen LogP contribution in [0.15, 0.2) is 24.3 Å². The highest BCUT2D eigenvalue weighted by Gasteiger charge is 2.39. The fourth-order valence-electron chi connectivity index (χ4n) is 2.45. The summed E-state index contributed by atoms with van der Waals surface area (Å²) < 4.78 is 63.3. The summed E-state index contributed by atoms with van der Waals surface area (Å²) in [5, 5.41) is 9.01. The van der Waals surface area contributed by atoms with E-state index >= 15 is 0 Å². The van der Waals surface area contributed by atoms with E-state index in [9.17, 15) is 26.4 Å². The van der Waals surface area contributed by atoms with Crippen LogP contribution in [0.2, 0.25) is 0 Å². The molecule has 1 aliphatic rings. The highest BCUT2D eigenvalue weighted by molar-refractivity contribution is 7.88. The molecule has 1 saturated heterocycles. The average molecular weight is 337 g/mol. The van der Waals surface area contributed by atoms with Crippen molar-refractivity contribution in [3.63, 3.8) is 0 Å². The molecular formula is C13H14F3NO4S. The molecule has 0 radical (unpaired) electrons. The Morgan fingerprint density at radius 2 is 2.05 bits per heavy atom. The zero-order chi connectivity index (χ0) is 16.5. The summed E-state index contributed by atoms with van der Waals surface area (Å²) in [4.78, 5) is 11.0. The van der Waals surface area contributed by atoms with Gasteiger partial charge >= 0.3 is 12.1 Å². The van der Waals surface area contributed by atoms with Crippen molar-refractivity contribution in [1.82, 2.24) is 4.31 Å². The van der Waals surface area contributed by atoms with Gasteiger partial charge in [0.1, 0.15) is 6.04 Å². The molecule has 0 amide bonds. The molecule has 1 aromatic carbocycles. The van der Waals surface area contributed by atoms with E-state index < -0.39 is 39.5 Å². The highest BCUT2D eigenvalue weighted by Crippen LogP contribution is 2.30. The van der Waals surface area contributed by atoms with Gasteiger partial charge in [-0.25, -0.2) is 8.42 Å². The van der Waals surface area contributed by atoms with Crippen LogP contribution in [0.1, 0.15) is 24.0 Å². The number of sulfonamides is 1. The Bertz CT molecular complexity index is 672. The Morgan fingerprint density at radius 1 is 1.36 bits per heavy atom. The summed E-state index contributed by atoms with van der Waals surface area (Å²) in [7, 11) is -3.98. The Kier molecular flexibility index (Phi) is 4.48. The number of carboxylic acids is 1. The van der Waals surface area contributed by atoms with E-state index in [4.69, 9.17) is 5.11 Å². The van der Waals surface area contributed by atoms with Crippen LogP contribution in [0.25, 0.3) is 0 Å². The van der Waals surface area contributed by atoms with Gasteiger partial charge < -0.3 is 5.11 Å². The maximum Gasteiger partial charge on any atom is 0.416 e. The van der Waals surface area contributed by atoms with Crippen molar-refractivity contribution in [2.75, 3.05) is 6.54 Å². The molecule has 1 fully saturated rings. The number of hydrogen-bond acceptors (Lipinski definition) is 3. The SMILES string of the molecule is O=C(O)C1CCCN1S(=O)(=O)Cc1cccc(C(F)(F)F)c1. The number of nitrogens with zero attached hydrogens (tertiary/aromatic N) is 1. The number of alkyl halides is 3. The number of hydrogen-bond donors (Lipinski definition) is 1. The first-order valence-corrected chi connectivity index (χ1v) is 8.10. The third-order valence-electron chi connectivity index (χ3n) is 3.45. The third kappa shape index (κ3) is 3.58. The zero-order valence-corrected chi connectivity index (χ0v) is 12.2. The van der Waals surface area contributed by atoms with Crippen molar-refractivity contribution >= 4 is 16.0 Å². The molecule has 1 unspecified atom stereocenters. The van der Waals surface area contributed by atoms with E-state index in [1.807, 2.05) is 0 Å². The fourth-order valence-corrected chi connectivity index (χ4v) is 4.21. The molecule has 1 heterocycles. The predicted molar refractivity (Wildman–Crippen MR) is 71.4 cm³/mol. The fraction of sp³-hybridized carbons (Fsp3) is 0.462. The lowest BCUT2D eigenvalue weighted by atomic mass is 10.1. The van der Waals surface area contributed by atoms with Gasteiger partial charge in [-0.3, -0.25) is 4.79 Å². The van der Waals surface area contributed by atoms with Crippen LogP contribution in [0, 0.1) is 0 Å². The van der Waals surface area contributed by atoms with Crippen LogP contribution >= 0.6 is 0 Å². The molecule has 5 nitrogen and oxygen atoms in total. The maximum atomic E-state index is 12.6. The lowest BCUT2D eigenvalue weighted by Gasteiger charge is -2.21. The number of carbonyl (C=O) groups is 1. The topological polar surface area (TPSA) is 74.7 Å². The Hall–Kier alpha value is -1.61. The minimum absolute atomic E-state index is 0.0223. The molecule has 0 bridgehead atoms. The van der Waals surface area contributed by atoms with Crippen molar-refractivity contribution in [3.05, 3.63) is 35.4 Å². The number of halogens is 3. The van der Waals surface area contributed by atoms with Crippen molar-refractivity contribution < 1.29 is 31.5 Å². The van der Waals surface area contributed by atoms with E-state index in [-0.39, 0.29) is 18.5 Å². The standard InChI is InChI=1S/C13H14F3NO4S/c14-13(15,16)10-4-1-3-9(7-10)8-22(20,21)17-6-2-5-11(17)12(18)19/h1,3-4,7,11H,2,5-6,8H2,(H,18,19). The Morgan fingerprint density at radius 3 is 2.64 bits per heavy atom. The first-order valence-electron chi connectivity index (χ1n) is 6.50. The van der Waals surface area contributed by atoms with E-state index in [1.165, 1.54) is 6.07 Å². The lowest BCUT2D eigenvalue weighted by Crippen LogP contribution is -2.40. The molecule has 0 aromatic heterocycles. The summed E-state index contributed by atoms with van der Waals surface area (Å²) in [5.74, 6) is -1.90. The summed E-state index contributed by atoms with van der Waals surface area (Å²) in [6.07, 6.45) is -3.94. The van der Waals surface area contributed by atoms with E-state index in [1.54, 1.807) is 0 Å². The Balaban J connectivity index is 2.24. The summed E-state index contributed by atoms with van der Waals surface area (Å²) in [6, 6.07) is 2.89. The van der Waals surface area contributed by atoms with Gasteiger partial charge in [0.05, 0.1) is 11.3 Å². The van der Waals surface area contributed by atoms with Gasteiger partial charge in [-0.1, -0.05) is 18.2 Å². The molecule has 1 N–H and O–H groups in total. The minimum atomic E-state index is -4.56. The van der Waals surface area contributed by atoms with Gasteiger partial charge in [-0.15, -0.1) is 0 Å². The monoisotopic (exact) mass is 337 g/mol. The zero-order valence-electron chi connectivity index (χ0n) is 11.4. The van der Waals surface area contributed by atoms with Crippen molar-refractivity contribution in [2.24, 2.45) is 0 Å². The first kappa shape index (κ1) is 16.8. The first-order chi connectivity index (χ1) is 10.1. The average Bonchev–Trinajstić information content (AvgIpc) is 2.87. The molecule has 0 saturated carbocycles. The van der Waals surface area contributed by atoms with E-state index in [0.29, 0.717) is 6.42 Å². The van der Waals surface area contributed by atoms with Crippen molar-refractivity contribution in [1.29, 1.82) is 0 Å². The predicted octanol–water partition coefficient (Wildman–Crippen LogP) is 2.08. The molecule has 1 aromatic rings. The number of benzene rings is 1. The van der Waals surface area contributed by atoms with Crippen LogP contribution in [0.3, 0.4) is 0 Å². The summed E-state index contributed by atoms with van der Waals surface area (Å²) in [6.45, 7) is 0.0677. The number of carboxylic acid groups (broad SMARTS) is 1. The Labute approximate surface area is 125 Å². The van der Waals surface area contributed by atoms with Crippen molar-refractivity contribution in [2.45, 2.75) is 30.8 Å². The van der Waals surface area contributed by atoms with Crippen LogP contribution in [-0.2, 0) is 26.7 Å². The lowest BCUT2D eigenvalue weighted by molar-refractivity contribution is -0.140.